The van der Waals surface area contributed by atoms with Crippen LogP contribution in [-0.2, 0) is 10.2 Å². The number of hydrogen-bond donors (Lipinski definition) is 1. The quantitative estimate of drug-likeness (QED) is 0.844. The van der Waals surface area contributed by atoms with E-state index in [1.807, 2.05) is 20.8 Å². The molecule has 1 saturated heterocycles. The van der Waals surface area contributed by atoms with Gasteiger partial charge in [0.25, 0.3) is 10.2 Å². The maximum Gasteiger partial charge on any atom is 0.281 e. The van der Waals surface area contributed by atoms with Gasteiger partial charge in [-0.05, 0) is 39.5 Å². The monoisotopic (exact) mass is 299 g/mol. The smallest absolute Gasteiger partial charge is 0.281 e. The molecule has 1 rings (SSSR count). The van der Waals surface area contributed by atoms with E-state index in [1.165, 1.54) is 4.31 Å². The second-order valence-corrected chi connectivity index (χ2v) is 7.23. The molecular weight excluding hydrogens is 274 g/mol. The lowest BCUT2D eigenvalue weighted by Gasteiger charge is -2.36. The van der Waals surface area contributed by atoms with Gasteiger partial charge in [-0.1, -0.05) is 0 Å². The highest BCUT2D eigenvalue weighted by molar-refractivity contribution is 7.86. The maximum absolute atomic E-state index is 12.3. The Morgan fingerprint density at radius 3 is 2.33 bits per heavy atom. The molecule has 110 valence electrons. The Bertz CT molecular complexity index is 346. The fourth-order valence-corrected chi connectivity index (χ4v) is 3.70. The maximum atomic E-state index is 12.3. The van der Waals surface area contributed by atoms with E-state index in [0.717, 1.165) is 12.8 Å². The average molecular weight is 300 g/mol. The molecule has 2 unspecified atom stereocenters. The van der Waals surface area contributed by atoms with E-state index < -0.39 is 10.2 Å². The van der Waals surface area contributed by atoms with Gasteiger partial charge in [0.2, 0.25) is 0 Å². The molecule has 5 nitrogen and oxygen atoms in total. The molecule has 0 amide bonds. The predicted octanol–water partition coefficient (Wildman–Crippen LogP) is 1.05. The zero-order valence-electron chi connectivity index (χ0n) is 11.7. The van der Waals surface area contributed by atoms with Crippen molar-refractivity contribution >= 4 is 22.6 Å². The third-order valence-electron chi connectivity index (χ3n) is 3.58. The number of nitrogens with zero attached hydrogens (tertiary/aromatic N) is 2. The minimum absolute atomic E-state index is 0. The molecule has 0 aromatic carbocycles. The van der Waals surface area contributed by atoms with Crippen LogP contribution in [0.4, 0.5) is 0 Å². The molecule has 2 N–H and O–H groups in total. The summed E-state index contributed by atoms with van der Waals surface area (Å²) in [4.78, 5) is 0. The lowest BCUT2D eigenvalue weighted by molar-refractivity contribution is 0.227. The molecule has 0 aromatic heterocycles. The van der Waals surface area contributed by atoms with Crippen LogP contribution in [0.3, 0.4) is 0 Å². The van der Waals surface area contributed by atoms with Crippen molar-refractivity contribution in [3.8, 4) is 0 Å². The third-order valence-corrected chi connectivity index (χ3v) is 5.72. The van der Waals surface area contributed by atoms with Crippen molar-refractivity contribution in [1.29, 1.82) is 0 Å². The fraction of sp³-hybridized carbons (Fsp3) is 1.00. The Morgan fingerprint density at radius 1 is 1.33 bits per heavy atom. The van der Waals surface area contributed by atoms with Gasteiger partial charge in [-0.15, -0.1) is 12.4 Å². The van der Waals surface area contributed by atoms with E-state index in [9.17, 15) is 8.42 Å². The van der Waals surface area contributed by atoms with Crippen LogP contribution in [0.15, 0.2) is 0 Å². The zero-order valence-corrected chi connectivity index (χ0v) is 13.3. The lowest BCUT2D eigenvalue weighted by atomic mass is 9.93. The molecule has 0 bridgehead atoms. The summed E-state index contributed by atoms with van der Waals surface area (Å²) in [6.07, 6.45) is 1.92. The van der Waals surface area contributed by atoms with Gasteiger partial charge in [0, 0.05) is 32.2 Å². The molecule has 0 aromatic rings. The summed E-state index contributed by atoms with van der Waals surface area (Å²) in [5.41, 5.74) is 5.87. The number of hydrogen-bond acceptors (Lipinski definition) is 3. The topological polar surface area (TPSA) is 66.6 Å². The van der Waals surface area contributed by atoms with Crippen molar-refractivity contribution in [2.24, 2.45) is 11.7 Å². The van der Waals surface area contributed by atoms with Gasteiger partial charge in [-0.3, -0.25) is 0 Å². The van der Waals surface area contributed by atoms with E-state index in [0.29, 0.717) is 13.1 Å². The Morgan fingerprint density at radius 2 is 1.89 bits per heavy atom. The van der Waals surface area contributed by atoms with Gasteiger partial charge in [-0.25, -0.2) is 0 Å². The Kier molecular flexibility index (Phi) is 7.10. The van der Waals surface area contributed by atoms with Gasteiger partial charge < -0.3 is 5.73 Å². The highest BCUT2D eigenvalue weighted by Gasteiger charge is 2.33. The van der Waals surface area contributed by atoms with Crippen LogP contribution in [0.5, 0.6) is 0 Å². The molecule has 7 heteroatoms. The van der Waals surface area contributed by atoms with Crippen LogP contribution >= 0.6 is 12.4 Å². The van der Waals surface area contributed by atoms with Crippen LogP contribution in [0.25, 0.3) is 0 Å². The molecule has 1 aliphatic rings. The Balaban J connectivity index is 0.00000289. The van der Waals surface area contributed by atoms with E-state index in [2.05, 4.69) is 0 Å². The van der Waals surface area contributed by atoms with Crippen LogP contribution in [0.1, 0.15) is 33.6 Å². The van der Waals surface area contributed by atoms with Gasteiger partial charge in [0.1, 0.15) is 0 Å². The SMILES string of the molecule is CC(N)C1CCCN(S(=O)(=O)N(C)C(C)C)C1.Cl. The fourth-order valence-electron chi connectivity index (χ4n) is 2.06. The summed E-state index contributed by atoms with van der Waals surface area (Å²) >= 11 is 0. The van der Waals surface area contributed by atoms with Gasteiger partial charge in [-0.2, -0.15) is 17.0 Å². The molecule has 2 atom stereocenters. The molecule has 0 aliphatic carbocycles. The molecule has 0 spiro atoms. The lowest BCUT2D eigenvalue weighted by Crippen LogP contribution is -2.50. The largest absolute Gasteiger partial charge is 0.328 e. The summed E-state index contributed by atoms with van der Waals surface area (Å²) in [6, 6.07) is 0.0352. The third kappa shape index (κ3) is 4.06. The van der Waals surface area contributed by atoms with Crippen LogP contribution in [0.2, 0.25) is 0 Å². The van der Waals surface area contributed by atoms with Crippen molar-refractivity contribution in [3.05, 3.63) is 0 Å². The summed E-state index contributed by atoms with van der Waals surface area (Å²) in [5, 5.41) is 0. The van der Waals surface area contributed by atoms with Gasteiger partial charge >= 0.3 is 0 Å². The van der Waals surface area contributed by atoms with E-state index in [4.69, 9.17) is 5.73 Å². The summed E-state index contributed by atoms with van der Waals surface area (Å²) in [5.74, 6) is 0.277. The van der Waals surface area contributed by atoms with Crippen LogP contribution in [0, 0.1) is 5.92 Å². The molecular formula is C11H26ClN3O2S. The first-order valence-corrected chi connectivity index (χ1v) is 7.65. The van der Waals surface area contributed by atoms with Crippen LogP contribution in [-0.4, -0.2) is 49.2 Å². The van der Waals surface area contributed by atoms with Gasteiger partial charge in [0.15, 0.2) is 0 Å². The molecule has 1 aliphatic heterocycles. The predicted molar refractivity (Wildman–Crippen MR) is 77.0 cm³/mol. The Hall–Kier alpha value is 0.120. The number of halogens is 1. The molecule has 1 fully saturated rings. The zero-order chi connectivity index (χ0) is 13.2. The average Bonchev–Trinajstić information content (AvgIpc) is 2.28. The van der Waals surface area contributed by atoms with Gasteiger partial charge in [0.05, 0.1) is 0 Å². The number of piperidine rings is 1. The number of nitrogens with two attached hydrogens (primary N) is 1. The van der Waals surface area contributed by atoms with Crippen molar-refractivity contribution in [2.75, 3.05) is 20.1 Å². The first kappa shape index (κ1) is 18.1. The van der Waals surface area contributed by atoms with E-state index in [-0.39, 0.29) is 30.4 Å². The highest BCUT2D eigenvalue weighted by atomic mass is 35.5. The minimum atomic E-state index is -3.32. The number of rotatable bonds is 4. The second kappa shape index (κ2) is 7.05. The minimum Gasteiger partial charge on any atom is -0.328 e. The standard InChI is InChI=1S/C11H25N3O2S.ClH/c1-9(2)13(4)17(15,16)14-7-5-6-11(8-14)10(3)12;/h9-11H,5-8,12H2,1-4H3;1H. The van der Waals surface area contributed by atoms with E-state index in [1.54, 1.807) is 11.4 Å². The summed E-state index contributed by atoms with van der Waals surface area (Å²) in [7, 11) is -1.68. The molecule has 0 saturated carbocycles. The first-order chi connectivity index (χ1) is 7.76. The molecule has 18 heavy (non-hydrogen) atoms. The normalized spacial score (nSPS) is 24.1. The molecule has 1 heterocycles. The van der Waals surface area contributed by atoms with Crippen molar-refractivity contribution in [3.63, 3.8) is 0 Å². The Labute approximate surface area is 117 Å². The van der Waals surface area contributed by atoms with E-state index >= 15 is 0 Å². The molecule has 0 radical (unpaired) electrons. The van der Waals surface area contributed by atoms with Crippen LogP contribution < -0.4 is 5.73 Å². The first-order valence-electron chi connectivity index (χ1n) is 6.25. The summed E-state index contributed by atoms with van der Waals surface area (Å²) < 4.78 is 27.6. The second-order valence-electron chi connectivity index (χ2n) is 5.24. The van der Waals surface area contributed by atoms with Crippen molar-refractivity contribution in [2.45, 2.75) is 45.7 Å². The highest BCUT2D eigenvalue weighted by Crippen LogP contribution is 2.22. The van der Waals surface area contributed by atoms with Crippen molar-refractivity contribution in [1.82, 2.24) is 8.61 Å². The summed E-state index contributed by atoms with van der Waals surface area (Å²) in [6.45, 7) is 6.88. The van der Waals surface area contributed by atoms with Crippen molar-refractivity contribution < 1.29 is 8.42 Å².